The lowest BCUT2D eigenvalue weighted by Crippen LogP contribution is -2.08. The van der Waals surface area contributed by atoms with Crippen molar-refractivity contribution in [2.45, 2.75) is 12.8 Å². The normalized spacial score (nSPS) is 10.8. The molecule has 3 nitrogen and oxygen atoms in total. The number of halogens is 2. The third-order valence-electron chi connectivity index (χ3n) is 1.45. The van der Waals surface area contributed by atoms with Gasteiger partial charge in [-0.05, 0) is 6.07 Å². The largest absolute Gasteiger partial charge is 0.375 e. The van der Waals surface area contributed by atoms with Crippen LogP contribution >= 0.6 is 12.2 Å². The van der Waals surface area contributed by atoms with Crippen molar-refractivity contribution in [3.8, 4) is 0 Å². The Bertz CT molecular complexity index is 329. The molecule has 78 valence electrons. The highest BCUT2D eigenvalue weighted by atomic mass is 32.1. The number of rotatable bonds is 5. The van der Waals surface area contributed by atoms with Crippen LogP contribution in [0.4, 0.5) is 8.78 Å². The van der Waals surface area contributed by atoms with Crippen LogP contribution in [0.1, 0.15) is 5.82 Å². The standard InChI is InChI=1S/C8H10F2N2OS/c9-6(10)5-13-4-2-7-11-3-1-8(14)12-7/h1,3,6H,2,4-5H2,(H,11,12,14). The molecule has 0 aliphatic rings. The maximum atomic E-state index is 11.7. The first-order chi connectivity index (χ1) is 6.68. The molecule has 6 heteroatoms. The van der Waals surface area contributed by atoms with Gasteiger partial charge in [-0.1, -0.05) is 12.2 Å². The number of aromatic nitrogens is 2. The van der Waals surface area contributed by atoms with E-state index in [1.165, 1.54) is 0 Å². The van der Waals surface area contributed by atoms with Crippen molar-refractivity contribution in [1.82, 2.24) is 9.97 Å². The third kappa shape index (κ3) is 4.38. The van der Waals surface area contributed by atoms with E-state index in [1.807, 2.05) is 0 Å². The Morgan fingerprint density at radius 2 is 2.36 bits per heavy atom. The van der Waals surface area contributed by atoms with Gasteiger partial charge < -0.3 is 9.72 Å². The van der Waals surface area contributed by atoms with E-state index >= 15 is 0 Å². The Morgan fingerprint density at radius 1 is 1.57 bits per heavy atom. The zero-order chi connectivity index (χ0) is 10.4. The molecule has 0 unspecified atom stereocenters. The maximum absolute atomic E-state index is 11.7. The summed E-state index contributed by atoms with van der Waals surface area (Å²) in [5.74, 6) is 0.645. The molecule has 1 N–H and O–H groups in total. The molecule has 0 aromatic carbocycles. The van der Waals surface area contributed by atoms with E-state index < -0.39 is 13.0 Å². The van der Waals surface area contributed by atoms with Gasteiger partial charge in [-0.15, -0.1) is 0 Å². The van der Waals surface area contributed by atoms with Crippen LogP contribution < -0.4 is 0 Å². The second kappa shape index (κ2) is 5.77. The molecule has 0 amide bonds. The summed E-state index contributed by atoms with van der Waals surface area (Å²) < 4.78 is 28.6. The first-order valence-corrected chi connectivity index (χ1v) is 4.49. The minimum Gasteiger partial charge on any atom is -0.375 e. The highest BCUT2D eigenvalue weighted by Crippen LogP contribution is 1.95. The number of alkyl halides is 2. The third-order valence-corrected chi connectivity index (χ3v) is 1.69. The van der Waals surface area contributed by atoms with Crippen LogP contribution in [-0.2, 0) is 11.2 Å². The fourth-order valence-corrected chi connectivity index (χ4v) is 1.06. The lowest BCUT2D eigenvalue weighted by molar-refractivity contribution is 0.0183. The van der Waals surface area contributed by atoms with E-state index in [-0.39, 0.29) is 6.61 Å². The second-order valence-electron chi connectivity index (χ2n) is 2.60. The molecule has 1 aromatic rings. The van der Waals surface area contributed by atoms with Crippen molar-refractivity contribution >= 4 is 12.2 Å². The van der Waals surface area contributed by atoms with Crippen LogP contribution in [0.5, 0.6) is 0 Å². The molecule has 0 saturated carbocycles. The smallest absolute Gasteiger partial charge is 0.261 e. The van der Waals surface area contributed by atoms with Gasteiger partial charge in [0.2, 0.25) is 0 Å². The first-order valence-electron chi connectivity index (χ1n) is 4.08. The van der Waals surface area contributed by atoms with Gasteiger partial charge in [-0.3, -0.25) is 0 Å². The predicted octanol–water partition coefficient (Wildman–Crippen LogP) is 1.96. The zero-order valence-corrected chi connectivity index (χ0v) is 8.19. The Kier molecular flexibility index (Phi) is 4.61. The van der Waals surface area contributed by atoms with Crippen molar-refractivity contribution in [1.29, 1.82) is 0 Å². The van der Waals surface area contributed by atoms with Gasteiger partial charge in [-0.25, -0.2) is 13.8 Å². The van der Waals surface area contributed by atoms with E-state index in [9.17, 15) is 8.78 Å². The monoisotopic (exact) mass is 220 g/mol. The molecule has 1 aromatic heterocycles. The number of H-pyrrole nitrogens is 1. The highest BCUT2D eigenvalue weighted by molar-refractivity contribution is 7.71. The van der Waals surface area contributed by atoms with Crippen LogP contribution in [0.3, 0.4) is 0 Å². The summed E-state index contributed by atoms with van der Waals surface area (Å²) in [7, 11) is 0. The summed E-state index contributed by atoms with van der Waals surface area (Å²) in [6.45, 7) is -0.319. The lowest BCUT2D eigenvalue weighted by Gasteiger charge is -2.02. The Balaban J connectivity index is 2.28. The van der Waals surface area contributed by atoms with Crippen molar-refractivity contribution in [3.05, 3.63) is 22.7 Å². The van der Waals surface area contributed by atoms with E-state index in [1.54, 1.807) is 12.3 Å². The van der Waals surface area contributed by atoms with Gasteiger partial charge in [0.1, 0.15) is 17.1 Å². The molecule has 14 heavy (non-hydrogen) atoms. The van der Waals surface area contributed by atoms with Gasteiger partial charge in [0.25, 0.3) is 6.43 Å². The van der Waals surface area contributed by atoms with Crippen molar-refractivity contribution in [2.75, 3.05) is 13.2 Å². The summed E-state index contributed by atoms with van der Waals surface area (Å²) in [6, 6.07) is 1.65. The molecule has 0 bridgehead atoms. The highest BCUT2D eigenvalue weighted by Gasteiger charge is 2.01. The lowest BCUT2D eigenvalue weighted by atomic mass is 10.4. The summed E-state index contributed by atoms with van der Waals surface area (Å²) in [6.07, 6.45) is -0.393. The zero-order valence-electron chi connectivity index (χ0n) is 7.37. The van der Waals surface area contributed by atoms with E-state index in [0.29, 0.717) is 16.9 Å². The summed E-state index contributed by atoms with van der Waals surface area (Å²) in [5.41, 5.74) is 0. The first kappa shape index (κ1) is 11.2. The molecular formula is C8H10F2N2OS. The number of aromatic amines is 1. The van der Waals surface area contributed by atoms with Gasteiger partial charge in [0, 0.05) is 12.6 Å². The molecule has 0 saturated heterocycles. The number of hydrogen-bond acceptors (Lipinski definition) is 3. The van der Waals surface area contributed by atoms with Gasteiger partial charge >= 0.3 is 0 Å². The second-order valence-corrected chi connectivity index (χ2v) is 3.04. The summed E-state index contributed by atoms with van der Waals surface area (Å²) in [4.78, 5) is 6.80. The van der Waals surface area contributed by atoms with Crippen LogP contribution in [-0.4, -0.2) is 29.6 Å². The molecule has 0 fully saturated rings. The minimum atomic E-state index is -2.42. The Morgan fingerprint density at radius 3 is 3.00 bits per heavy atom. The fourth-order valence-electron chi connectivity index (χ4n) is 0.879. The van der Waals surface area contributed by atoms with E-state index in [4.69, 9.17) is 17.0 Å². The number of hydrogen-bond donors (Lipinski definition) is 1. The molecule has 0 aliphatic carbocycles. The van der Waals surface area contributed by atoms with Crippen molar-refractivity contribution in [2.24, 2.45) is 0 Å². The number of nitrogens with zero attached hydrogens (tertiary/aromatic N) is 1. The van der Waals surface area contributed by atoms with Gasteiger partial charge in [0.15, 0.2) is 0 Å². The van der Waals surface area contributed by atoms with Gasteiger partial charge in [0.05, 0.1) is 6.61 Å². The Hall–Kier alpha value is -0.880. The molecule has 0 aliphatic heterocycles. The average Bonchev–Trinajstić information content (AvgIpc) is 2.12. The fraction of sp³-hybridized carbons (Fsp3) is 0.500. The molecular weight excluding hydrogens is 210 g/mol. The molecule has 1 heterocycles. The average molecular weight is 220 g/mol. The summed E-state index contributed by atoms with van der Waals surface area (Å²) >= 11 is 4.86. The van der Waals surface area contributed by atoms with Crippen LogP contribution in [0.25, 0.3) is 0 Å². The van der Waals surface area contributed by atoms with E-state index in [0.717, 1.165) is 0 Å². The van der Waals surface area contributed by atoms with E-state index in [2.05, 4.69) is 9.97 Å². The predicted molar refractivity (Wildman–Crippen MR) is 49.9 cm³/mol. The molecule has 0 radical (unpaired) electrons. The Labute approximate surface area is 85.1 Å². The molecule has 1 rings (SSSR count). The quantitative estimate of drug-likeness (QED) is 0.609. The molecule has 0 atom stereocenters. The summed E-state index contributed by atoms with van der Waals surface area (Å²) in [5, 5.41) is 0. The van der Waals surface area contributed by atoms with Crippen molar-refractivity contribution < 1.29 is 13.5 Å². The SMILES string of the molecule is FC(F)COCCc1nccc(=S)[nH]1. The number of ether oxygens (including phenoxy) is 1. The van der Waals surface area contributed by atoms with Crippen LogP contribution in [0.2, 0.25) is 0 Å². The maximum Gasteiger partial charge on any atom is 0.261 e. The number of nitrogens with one attached hydrogen (secondary N) is 1. The van der Waals surface area contributed by atoms with Crippen LogP contribution in [0.15, 0.2) is 12.3 Å². The molecule has 0 spiro atoms. The minimum absolute atomic E-state index is 0.215. The van der Waals surface area contributed by atoms with Crippen LogP contribution in [0, 0.1) is 4.64 Å². The van der Waals surface area contributed by atoms with Gasteiger partial charge in [-0.2, -0.15) is 0 Å². The van der Waals surface area contributed by atoms with Crippen molar-refractivity contribution in [3.63, 3.8) is 0 Å². The topological polar surface area (TPSA) is 37.9 Å².